The van der Waals surface area contributed by atoms with E-state index >= 15 is 4.39 Å². The summed E-state index contributed by atoms with van der Waals surface area (Å²) in [4.78, 5) is 23.4. The predicted molar refractivity (Wildman–Crippen MR) is 78.1 cm³/mol. The normalized spacial score (nSPS) is 46.3. The van der Waals surface area contributed by atoms with E-state index < -0.39 is 34.5 Å². The first-order valence-corrected chi connectivity index (χ1v) is 8.65. The molecule has 1 saturated heterocycles. The number of halogens is 1. The van der Waals surface area contributed by atoms with E-state index in [0.717, 1.165) is 0 Å². The van der Waals surface area contributed by atoms with Gasteiger partial charge in [-0.1, -0.05) is 0 Å². The fourth-order valence-corrected chi connectivity index (χ4v) is 5.81. The molecular formula is C15H21FO5S. The van der Waals surface area contributed by atoms with E-state index in [9.17, 15) is 14.7 Å². The lowest BCUT2D eigenvalue weighted by Crippen LogP contribution is -2.60. The number of hydrogen-bond donors (Lipinski definition) is 1. The number of hydrogen-bond acceptors (Lipinski definition) is 6. The quantitative estimate of drug-likeness (QED) is 0.786. The van der Waals surface area contributed by atoms with Crippen molar-refractivity contribution in [3.63, 3.8) is 0 Å². The fraction of sp³-hybridized carbons (Fsp3) is 0.867. The van der Waals surface area contributed by atoms with Gasteiger partial charge in [-0.15, -0.1) is 0 Å². The largest absolute Gasteiger partial charge is 0.469 e. The summed E-state index contributed by atoms with van der Waals surface area (Å²) in [5.41, 5.74) is -2.81. The van der Waals surface area contributed by atoms with Crippen molar-refractivity contribution in [1.82, 2.24) is 0 Å². The first kappa shape index (κ1) is 16.1. The Morgan fingerprint density at radius 3 is 2.95 bits per heavy atom. The highest BCUT2D eigenvalue weighted by atomic mass is 32.2. The van der Waals surface area contributed by atoms with Crippen LogP contribution >= 0.6 is 11.8 Å². The number of carbonyl (C=O) groups is 2. The zero-order valence-electron chi connectivity index (χ0n) is 12.7. The van der Waals surface area contributed by atoms with Gasteiger partial charge in [-0.2, -0.15) is 11.8 Å². The highest BCUT2D eigenvalue weighted by Crippen LogP contribution is 2.60. The Bertz CT molecular complexity index is 496. The van der Waals surface area contributed by atoms with Crippen molar-refractivity contribution >= 4 is 23.7 Å². The van der Waals surface area contributed by atoms with Gasteiger partial charge < -0.3 is 14.6 Å². The minimum Gasteiger partial charge on any atom is -0.469 e. The third-order valence-electron chi connectivity index (χ3n) is 5.33. The third-order valence-corrected chi connectivity index (χ3v) is 6.89. The van der Waals surface area contributed by atoms with Crippen LogP contribution in [0.15, 0.2) is 0 Å². The molecule has 6 atom stereocenters. The SMILES string of the molecule is COC(=O)CCS[C@H]1C2C(=O)O[C@@H]3CC[C@H](C[C@]1(C)F)[C@]23O. The van der Waals surface area contributed by atoms with E-state index in [1.165, 1.54) is 25.8 Å². The number of esters is 2. The summed E-state index contributed by atoms with van der Waals surface area (Å²) in [6, 6.07) is 0. The molecule has 0 amide bonds. The van der Waals surface area contributed by atoms with Crippen molar-refractivity contribution in [1.29, 1.82) is 0 Å². The molecule has 1 unspecified atom stereocenters. The van der Waals surface area contributed by atoms with Gasteiger partial charge in [0, 0.05) is 5.75 Å². The second-order valence-electron chi connectivity index (χ2n) is 6.66. The molecule has 1 aliphatic heterocycles. The van der Waals surface area contributed by atoms with Crippen LogP contribution in [0, 0.1) is 11.8 Å². The minimum atomic E-state index is -1.57. The van der Waals surface area contributed by atoms with Gasteiger partial charge in [0.1, 0.15) is 23.3 Å². The number of aliphatic hydroxyl groups is 1. The molecule has 1 heterocycles. The predicted octanol–water partition coefficient (Wildman–Crippen LogP) is 1.47. The first-order valence-electron chi connectivity index (χ1n) is 7.61. The molecule has 0 aromatic heterocycles. The Morgan fingerprint density at radius 2 is 2.27 bits per heavy atom. The van der Waals surface area contributed by atoms with Crippen LogP contribution in [0.3, 0.4) is 0 Å². The zero-order chi connectivity index (χ0) is 16.1. The number of ether oxygens (including phenoxy) is 2. The molecule has 0 radical (unpaired) electrons. The van der Waals surface area contributed by atoms with E-state index in [1.807, 2.05) is 0 Å². The summed E-state index contributed by atoms with van der Waals surface area (Å²) < 4.78 is 25.0. The lowest BCUT2D eigenvalue weighted by molar-refractivity contribution is -0.146. The molecule has 124 valence electrons. The molecule has 0 aromatic rings. The Morgan fingerprint density at radius 1 is 1.55 bits per heavy atom. The molecule has 0 aromatic carbocycles. The van der Waals surface area contributed by atoms with Gasteiger partial charge in [0.05, 0.1) is 18.8 Å². The molecule has 3 rings (SSSR count). The average molecular weight is 332 g/mol. The zero-order valence-corrected chi connectivity index (χ0v) is 13.5. The van der Waals surface area contributed by atoms with Crippen molar-refractivity contribution in [2.75, 3.05) is 12.9 Å². The molecule has 0 spiro atoms. The molecule has 3 fully saturated rings. The lowest BCUT2D eigenvalue weighted by Gasteiger charge is -2.47. The number of rotatable bonds is 4. The first-order chi connectivity index (χ1) is 10.3. The van der Waals surface area contributed by atoms with Crippen LogP contribution in [0.4, 0.5) is 4.39 Å². The highest BCUT2D eigenvalue weighted by molar-refractivity contribution is 8.00. The maximum Gasteiger partial charge on any atom is 0.313 e. The van der Waals surface area contributed by atoms with Gasteiger partial charge in [-0.25, -0.2) is 4.39 Å². The monoisotopic (exact) mass is 332 g/mol. The van der Waals surface area contributed by atoms with Gasteiger partial charge >= 0.3 is 11.9 Å². The van der Waals surface area contributed by atoms with Crippen molar-refractivity contribution < 1.29 is 28.6 Å². The van der Waals surface area contributed by atoms with Crippen LogP contribution in [0.25, 0.3) is 0 Å². The summed E-state index contributed by atoms with van der Waals surface area (Å²) in [5, 5.41) is 10.3. The maximum absolute atomic E-state index is 15.1. The number of thioether (sulfide) groups is 1. The summed E-state index contributed by atoms with van der Waals surface area (Å²) in [6.07, 6.45) is 1.15. The molecule has 7 heteroatoms. The summed E-state index contributed by atoms with van der Waals surface area (Å²) in [5.74, 6) is -1.60. The lowest BCUT2D eigenvalue weighted by atomic mass is 9.65. The Labute approximate surface area is 132 Å². The van der Waals surface area contributed by atoms with Crippen LogP contribution in [0.5, 0.6) is 0 Å². The molecule has 2 saturated carbocycles. The second kappa shape index (κ2) is 5.37. The Kier molecular flexibility index (Phi) is 3.92. The smallest absolute Gasteiger partial charge is 0.313 e. The average Bonchev–Trinajstić information content (AvgIpc) is 2.88. The maximum atomic E-state index is 15.1. The topological polar surface area (TPSA) is 72.8 Å². The van der Waals surface area contributed by atoms with Crippen LogP contribution in [0.1, 0.15) is 32.6 Å². The molecule has 2 aliphatic carbocycles. The van der Waals surface area contributed by atoms with Gasteiger partial charge in [0.25, 0.3) is 0 Å². The highest BCUT2D eigenvalue weighted by Gasteiger charge is 2.71. The minimum absolute atomic E-state index is 0.154. The van der Waals surface area contributed by atoms with E-state index in [4.69, 9.17) is 4.74 Å². The van der Waals surface area contributed by atoms with Crippen LogP contribution in [0.2, 0.25) is 0 Å². The molecule has 3 aliphatic rings. The number of alkyl halides is 1. The van der Waals surface area contributed by atoms with Crippen molar-refractivity contribution in [2.45, 2.75) is 55.2 Å². The Balaban J connectivity index is 1.81. The fourth-order valence-electron chi connectivity index (χ4n) is 4.31. The molecule has 1 N–H and O–H groups in total. The van der Waals surface area contributed by atoms with E-state index in [2.05, 4.69) is 4.74 Å². The molecule has 22 heavy (non-hydrogen) atoms. The van der Waals surface area contributed by atoms with Gasteiger partial charge in [-0.3, -0.25) is 9.59 Å². The van der Waals surface area contributed by atoms with E-state index in [1.54, 1.807) is 0 Å². The van der Waals surface area contributed by atoms with Crippen LogP contribution in [-0.2, 0) is 19.1 Å². The second-order valence-corrected chi connectivity index (χ2v) is 7.91. The van der Waals surface area contributed by atoms with Crippen LogP contribution in [-0.4, -0.2) is 52.5 Å². The van der Waals surface area contributed by atoms with Crippen molar-refractivity contribution in [3.05, 3.63) is 0 Å². The van der Waals surface area contributed by atoms with Crippen LogP contribution < -0.4 is 0 Å². The summed E-state index contributed by atoms with van der Waals surface area (Å²) in [6.45, 7) is 1.49. The molecular weight excluding hydrogens is 311 g/mol. The number of methoxy groups -OCH3 is 1. The third kappa shape index (κ3) is 2.24. The standard InChI is InChI=1S/C15H21FO5S/c1-14(16)7-8-3-4-9-15(8,19)11(13(18)21-9)12(14)22-6-5-10(17)20-2/h8-9,11-12,19H,3-7H2,1-2H3/t8-,9-,11?,12+,14+,15-/m1/s1. The van der Waals surface area contributed by atoms with E-state index in [0.29, 0.717) is 18.6 Å². The van der Waals surface area contributed by atoms with Gasteiger partial charge in [-0.05, 0) is 32.1 Å². The molecule has 5 nitrogen and oxygen atoms in total. The van der Waals surface area contributed by atoms with Gasteiger partial charge in [0.2, 0.25) is 0 Å². The summed E-state index contributed by atoms with van der Waals surface area (Å²) >= 11 is 1.22. The Hall–Kier alpha value is -0.820. The number of carbonyl (C=O) groups excluding carboxylic acids is 2. The van der Waals surface area contributed by atoms with E-state index in [-0.39, 0.29) is 24.7 Å². The van der Waals surface area contributed by atoms with Crippen molar-refractivity contribution in [2.24, 2.45) is 11.8 Å². The molecule has 0 bridgehead atoms. The van der Waals surface area contributed by atoms with Gasteiger partial charge in [0.15, 0.2) is 0 Å². The summed E-state index contributed by atoms with van der Waals surface area (Å²) in [7, 11) is 1.30. The van der Waals surface area contributed by atoms with Crippen molar-refractivity contribution in [3.8, 4) is 0 Å².